The van der Waals surface area contributed by atoms with Crippen LogP contribution in [0.15, 0.2) is 22.7 Å². The molecule has 0 spiro atoms. The molecule has 2 aromatic rings. The fourth-order valence-electron chi connectivity index (χ4n) is 3.08. The van der Waals surface area contributed by atoms with Gasteiger partial charge >= 0.3 is 6.18 Å². The number of halogens is 4. The highest BCUT2D eigenvalue weighted by Crippen LogP contribution is 2.46. The van der Waals surface area contributed by atoms with Crippen molar-refractivity contribution in [3.05, 3.63) is 39.6 Å². The number of nitrogens with one attached hydrogen (secondary N) is 1. The van der Waals surface area contributed by atoms with Gasteiger partial charge in [0.15, 0.2) is 17.2 Å². The summed E-state index contributed by atoms with van der Waals surface area (Å²) in [6, 6.07) is 5.45. The van der Waals surface area contributed by atoms with Gasteiger partial charge < -0.3 is 14.8 Å². The minimum atomic E-state index is -4.57. The first-order valence-electron chi connectivity index (χ1n) is 9.05. The van der Waals surface area contributed by atoms with Crippen molar-refractivity contribution in [1.29, 1.82) is 0 Å². The topological polar surface area (TPSA) is 65.4 Å². The van der Waals surface area contributed by atoms with Crippen molar-refractivity contribution in [1.82, 2.24) is 15.1 Å². The molecule has 1 amide bonds. The van der Waals surface area contributed by atoms with E-state index in [9.17, 15) is 18.0 Å². The van der Waals surface area contributed by atoms with E-state index in [1.165, 1.54) is 7.11 Å². The van der Waals surface area contributed by atoms with Gasteiger partial charge in [-0.2, -0.15) is 18.3 Å². The number of benzene rings is 1. The van der Waals surface area contributed by atoms with Crippen LogP contribution in [0.2, 0.25) is 0 Å². The molecule has 1 aromatic heterocycles. The fourth-order valence-corrected chi connectivity index (χ4v) is 3.91. The summed E-state index contributed by atoms with van der Waals surface area (Å²) in [6.07, 6.45) is -2.44. The Labute approximate surface area is 174 Å². The first-order chi connectivity index (χ1) is 13.7. The summed E-state index contributed by atoms with van der Waals surface area (Å²) in [5.41, 5.74) is 0.382. The van der Waals surface area contributed by atoms with Crippen molar-refractivity contribution in [2.24, 2.45) is 0 Å². The second-order valence-electron chi connectivity index (χ2n) is 6.77. The van der Waals surface area contributed by atoms with Crippen LogP contribution in [0.4, 0.5) is 13.2 Å². The molecule has 1 aliphatic carbocycles. The maximum absolute atomic E-state index is 13.1. The molecular weight excluding hydrogens is 455 g/mol. The molecule has 29 heavy (non-hydrogen) atoms. The molecule has 0 aliphatic heterocycles. The van der Waals surface area contributed by atoms with Crippen molar-refractivity contribution in [3.8, 4) is 11.5 Å². The molecule has 0 unspecified atom stereocenters. The van der Waals surface area contributed by atoms with Crippen molar-refractivity contribution in [3.63, 3.8) is 0 Å². The smallest absolute Gasteiger partial charge is 0.436 e. The summed E-state index contributed by atoms with van der Waals surface area (Å²) in [5, 5.41) is 6.38. The first-order valence-corrected chi connectivity index (χ1v) is 9.85. The average Bonchev–Trinajstić information content (AvgIpc) is 3.44. The third-order valence-corrected chi connectivity index (χ3v) is 5.42. The SMILES string of the molecule is COc1ccc(CCNC(=O)Cn2nc(C(F)(F)F)c(Br)c2C2CC2)cc1OC. The monoisotopic (exact) mass is 475 g/mol. The Bertz CT molecular complexity index is 895. The number of hydrogen-bond donors (Lipinski definition) is 1. The van der Waals surface area contributed by atoms with E-state index in [0.29, 0.717) is 30.2 Å². The second-order valence-corrected chi connectivity index (χ2v) is 7.56. The van der Waals surface area contributed by atoms with Gasteiger partial charge in [-0.15, -0.1) is 0 Å². The molecule has 1 aromatic carbocycles. The van der Waals surface area contributed by atoms with Gasteiger partial charge in [-0.1, -0.05) is 6.07 Å². The first kappa shape index (κ1) is 21.5. The van der Waals surface area contributed by atoms with Gasteiger partial charge in [0.05, 0.1) is 24.4 Å². The fraction of sp³-hybridized carbons (Fsp3) is 0.474. The van der Waals surface area contributed by atoms with Gasteiger partial charge in [0, 0.05) is 12.5 Å². The Morgan fingerprint density at radius 3 is 2.55 bits per heavy atom. The highest BCUT2D eigenvalue weighted by molar-refractivity contribution is 9.10. The van der Waals surface area contributed by atoms with E-state index in [2.05, 4.69) is 26.3 Å². The van der Waals surface area contributed by atoms with Crippen molar-refractivity contribution >= 4 is 21.8 Å². The normalized spacial score (nSPS) is 14.0. The van der Waals surface area contributed by atoms with Crippen LogP contribution < -0.4 is 14.8 Å². The molecular formula is C19H21BrF3N3O3. The van der Waals surface area contributed by atoms with Crippen LogP contribution in [0, 0.1) is 0 Å². The predicted octanol–water partition coefficient (Wildman–Crippen LogP) is 3.92. The third kappa shape index (κ3) is 5.04. The minimum Gasteiger partial charge on any atom is -0.493 e. The lowest BCUT2D eigenvalue weighted by Crippen LogP contribution is -2.30. The van der Waals surface area contributed by atoms with E-state index < -0.39 is 17.8 Å². The van der Waals surface area contributed by atoms with Crippen LogP contribution in [0.25, 0.3) is 0 Å². The van der Waals surface area contributed by atoms with Gasteiger partial charge in [-0.3, -0.25) is 9.48 Å². The zero-order valence-electron chi connectivity index (χ0n) is 16.0. The Morgan fingerprint density at radius 2 is 1.97 bits per heavy atom. The number of carbonyl (C=O) groups excluding carboxylic acids is 1. The maximum Gasteiger partial charge on any atom is 0.436 e. The third-order valence-electron chi connectivity index (χ3n) is 4.64. The molecule has 1 aliphatic rings. The number of carbonyl (C=O) groups is 1. The number of alkyl halides is 3. The summed E-state index contributed by atoms with van der Waals surface area (Å²) in [4.78, 5) is 12.3. The quantitative estimate of drug-likeness (QED) is 0.628. The van der Waals surface area contributed by atoms with E-state index >= 15 is 0 Å². The molecule has 0 radical (unpaired) electrons. The van der Waals surface area contributed by atoms with E-state index in [4.69, 9.17) is 9.47 Å². The lowest BCUT2D eigenvalue weighted by Gasteiger charge is -2.11. The number of ether oxygens (including phenoxy) is 2. The van der Waals surface area contributed by atoms with Crippen LogP contribution in [0.1, 0.15) is 35.7 Å². The molecule has 3 rings (SSSR count). The molecule has 1 N–H and O–H groups in total. The summed E-state index contributed by atoms with van der Waals surface area (Å²) in [7, 11) is 3.09. The Kier molecular flexibility index (Phi) is 6.40. The summed E-state index contributed by atoms with van der Waals surface area (Å²) < 4.78 is 51.0. The lowest BCUT2D eigenvalue weighted by atomic mass is 10.1. The molecule has 158 valence electrons. The van der Waals surface area contributed by atoms with Crippen LogP contribution in [0.3, 0.4) is 0 Å². The largest absolute Gasteiger partial charge is 0.493 e. The van der Waals surface area contributed by atoms with Crippen LogP contribution in [-0.4, -0.2) is 36.5 Å². The predicted molar refractivity (Wildman–Crippen MR) is 103 cm³/mol. The number of hydrogen-bond acceptors (Lipinski definition) is 4. The van der Waals surface area contributed by atoms with Crippen molar-refractivity contribution in [2.75, 3.05) is 20.8 Å². The average molecular weight is 476 g/mol. The van der Waals surface area contributed by atoms with Gasteiger partial charge in [0.25, 0.3) is 0 Å². The standard InChI is InChI=1S/C19H21BrF3N3O3/c1-28-13-6-3-11(9-14(13)29-2)7-8-24-15(27)10-26-17(12-4-5-12)16(20)18(25-26)19(21,22)23/h3,6,9,12H,4-5,7-8,10H2,1-2H3,(H,24,27). The van der Waals surface area contributed by atoms with Crippen molar-refractivity contribution < 1.29 is 27.4 Å². The van der Waals surface area contributed by atoms with Crippen LogP contribution in [0.5, 0.6) is 11.5 Å². The Balaban J connectivity index is 1.62. The summed E-state index contributed by atoms with van der Waals surface area (Å²) in [5.74, 6) is 0.813. The zero-order valence-corrected chi connectivity index (χ0v) is 17.6. The molecule has 0 atom stereocenters. The molecule has 6 nitrogen and oxygen atoms in total. The minimum absolute atomic E-state index is 0.00698. The Hall–Kier alpha value is -2.23. The van der Waals surface area contributed by atoms with Crippen LogP contribution >= 0.6 is 15.9 Å². The van der Waals surface area contributed by atoms with E-state index in [-0.39, 0.29) is 16.9 Å². The van der Waals surface area contributed by atoms with Crippen molar-refractivity contribution in [2.45, 2.75) is 37.9 Å². The number of methoxy groups -OCH3 is 2. The Morgan fingerprint density at radius 1 is 1.28 bits per heavy atom. The van der Waals surface area contributed by atoms with Gasteiger partial charge in [-0.05, 0) is 52.9 Å². The number of aromatic nitrogens is 2. The molecule has 1 saturated carbocycles. The molecule has 0 bridgehead atoms. The zero-order chi connectivity index (χ0) is 21.2. The number of rotatable bonds is 8. The van der Waals surface area contributed by atoms with Gasteiger partial charge in [0.1, 0.15) is 6.54 Å². The summed E-state index contributed by atoms with van der Waals surface area (Å²) in [6.45, 7) is 0.0775. The molecule has 1 fully saturated rings. The highest BCUT2D eigenvalue weighted by Gasteiger charge is 2.41. The number of nitrogens with zero attached hydrogens (tertiary/aromatic N) is 2. The second kappa shape index (κ2) is 8.64. The van der Waals surface area contributed by atoms with E-state index in [0.717, 1.165) is 23.1 Å². The molecule has 1 heterocycles. The summed E-state index contributed by atoms with van der Waals surface area (Å²) >= 11 is 3.02. The number of amides is 1. The van der Waals surface area contributed by atoms with Gasteiger partial charge in [0.2, 0.25) is 5.91 Å². The van der Waals surface area contributed by atoms with Gasteiger partial charge in [-0.25, -0.2) is 0 Å². The van der Waals surface area contributed by atoms with Crippen LogP contribution in [-0.2, 0) is 23.9 Å². The van der Waals surface area contributed by atoms with E-state index in [1.54, 1.807) is 13.2 Å². The van der Waals surface area contributed by atoms with E-state index in [1.807, 2.05) is 12.1 Å². The lowest BCUT2D eigenvalue weighted by molar-refractivity contribution is -0.142. The highest BCUT2D eigenvalue weighted by atomic mass is 79.9. The molecule has 0 saturated heterocycles. The molecule has 10 heteroatoms. The maximum atomic E-state index is 13.1.